The summed E-state index contributed by atoms with van der Waals surface area (Å²) in [5.41, 5.74) is 4.77. The van der Waals surface area contributed by atoms with Crippen LogP contribution in [-0.4, -0.2) is 35.3 Å². The summed E-state index contributed by atoms with van der Waals surface area (Å²) in [5, 5.41) is 17.6. The fourth-order valence-corrected chi connectivity index (χ4v) is 4.31. The first-order chi connectivity index (χ1) is 16.1. The number of aromatic nitrogens is 3. The number of anilines is 2. The van der Waals surface area contributed by atoms with Crippen molar-refractivity contribution in [2.75, 3.05) is 16.3 Å². The van der Waals surface area contributed by atoms with E-state index in [2.05, 4.69) is 21.2 Å². The summed E-state index contributed by atoms with van der Waals surface area (Å²) in [4.78, 5) is 17.7. The molecule has 4 aromatic rings. The van der Waals surface area contributed by atoms with Gasteiger partial charge < -0.3 is 5.32 Å². The van der Waals surface area contributed by atoms with Gasteiger partial charge in [-0.1, -0.05) is 11.6 Å². The second-order valence-electron chi connectivity index (χ2n) is 8.11. The minimum absolute atomic E-state index is 0.184. The minimum atomic E-state index is -3.43. The van der Waals surface area contributed by atoms with E-state index in [0.29, 0.717) is 11.5 Å². The van der Waals surface area contributed by atoms with Crippen LogP contribution in [-0.2, 0) is 10.0 Å². The number of amides is 1. The van der Waals surface area contributed by atoms with E-state index in [1.807, 2.05) is 39.0 Å². The monoisotopic (exact) mass is 474 g/mol. The Hall–Kier alpha value is -4.23. The highest BCUT2D eigenvalue weighted by Gasteiger charge is 2.18. The van der Waals surface area contributed by atoms with E-state index in [-0.39, 0.29) is 16.9 Å². The molecular weight excluding hydrogens is 452 g/mol. The van der Waals surface area contributed by atoms with Crippen molar-refractivity contribution >= 4 is 38.3 Å². The molecule has 10 heteroatoms. The number of aryl methyl sites for hydroxylation is 3. The Balaban J connectivity index is 1.71. The van der Waals surface area contributed by atoms with Gasteiger partial charge in [0.05, 0.1) is 18.0 Å². The van der Waals surface area contributed by atoms with Gasteiger partial charge in [0.1, 0.15) is 11.6 Å². The first kappa shape index (κ1) is 22.9. The molecule has 2 aromatic carbocycles. The van der Waals surface area contributed by atoms with Crippen molar-refractivity contribution in [3.05, 3.63) is 76.5 Å². The molecule has 4 rings (SSSR count). The summed E-state index contributed by atoms with van der Waals surface area (Å²) < 4.78 is 26.5. The van der Waals surface area contributed by atoms with Crippen LogP contribution in [0.4, 0.5) is 11.5 Å². The van der Waals surface area contributed by atoms with Crippen molar-refractivity contribution in [3.8, 4) is 11.9 Å². The van der Waals surface area contributed by atoms with Crippen molar-refractivity contribution < 1.29 is 13.2 Å². The lowest BCUT2D eigenvalue weighted by molar-refractivity contribution is 0.102. The maximum absolute atomic E-state index is 12.9. The molecule has 1 amide bonds. The predicted octanol–water partition coefficient (Wildman–Crippen LogP) is 3.84. The van der Waals surface area contributed by atoms with E-state index in [0.717, 1.165) is 33.8 Å². The van der Waals surface area contributed by atoms with Crippen molar-refractivity contribution in [3.63, 3.8) is 0 Å². The molecule has 2 N–H and O–H groups in total. The number of nitrogens with zero attached hydrogens (tertiary/aromatic N) is 4. The topological polar surface area (TPSA) is 130 Å². The Morgan fingerprint density at radius 1 is 1.06 bits per heavy atom. The Kier molecular flexibility index (Phi) is 5.81. The molecule has 0 aliphatic rings. The second-order valence-corrected chi connectivity index (χ2v) is 9.86. The summed E-state index contributed by atoms with van der Waals surface area (Å²) >= 11 is 0. The van der Waals surface area contributed by atoms with Gasteiger partial charge in [-0.2, -0.15) is 15.0 Å². The van der Waals surface area contributed by atoms with Gasteiger partial charge in [-0.15, -0.1) is 0 Å². The summed E-state index contributed by atoms with van der Waals surface area (Å²) in [6.45, 7) is 6.00. The van der Waals surface area contributed by atoms with Gasteiger partial charge in [0.15, 0.2) is 11.6 Å². The Labute approximate surface area is 197 Å². The van der Waals surface area contributed by atoms with Crippen LogP contribution in [0.15, 0.2) is 48.7 Å². The fourth-order valence-electron chi connectivity index (χ4n) is 3.74. The molecule has 0 radical (unpaired) electrons. The number of nitrogens with one attached hydrogen (secondary N) is 2. The van der Waals surface area contributed by atoms with Gasteiger partial charge in [-0.3, -0.25) is 9.52 Å². The average molecular weight is 475 g/mol. The molecule has 0 aliphatic heterocycles. The molecule has 2 aromatic heterocycles. The predicted molar refractivity (Wildman–Crippen MR) is 131 cm³/mol. The molecule has 0 bridgehead atoms. The summed E-state index contributed by atoms with van der Waals surface area (Å²) in [6, 6.07) is 14.0. The summed E-state index contributed by atoms with van der Waals surface area (Å²) in [5.74, 6) is 0.191. The highest BCUT2D eigenvalue weighted by molar-refractivity contribution is 7.92. The molecule has 0 saturated heterocycles. The number of hydrogen-bond donors (Lipinski definition) is 2. The van der Waals surface area contributed by atoms with E-state index in [9.17, 15) is 18.5 Å². The Bertz CT molecular complexity index is 1580. The quantitative estimate of drug-likeness (QED) is 0.452. The van der Waals surface area contributed by atoms with E-state index < -0.39 is 15.9 Å². The fraction of sp³-hybridized carbons (Fsp3) is 0.167. The number of hydrogen-bond acceptors (Lipinski definition) is 6. The molecule has 0 aliphatic carbocycles. The van der Waals surface area contributed by atoms with Gasteiger partial charge in [0.2, 0.25) is 10.0 Å². The van der Waals surface area contributed by atoms with Crippen molar-refractivity contribution in [1.29, 1.82) is 5.26 Å². The van der Waals surface area contributed by atoms with Gasteiger partial charge in [0, 0.05) is 16.6 Å². The molecule has 34 heavy (non-hydrogen) atoms. The minimum Gasteiger partial charge on any atom is -0.305 e. The van der Waals surface area contributed by atoms with Crippen molar-refractivity contribution in [2.24, 2.45) is 0 Å². The zero-order valence-corrected chi connectivity index (χ0v) is 19.9. The van der Waals surface area contributed by atoms with E-state index in [1.54, 1.807) is 0 Å². The lowest BCUT2D eigenvalue weighted by atomic mass is 10.0. The maximum atomic E-state index is 12.9. The van der Waals surface area contributed by atoms with E-state index >= 15 is 0 Å². The largest absolute Gasteiger partial charge is 0.305 e. The number of benzene rings is 2. The number of pyridine rings is 1. The van der Waals surface area contributed by atoms with Crippen LogP contribution in [0.25, 0.3) is 16.7 Å². The second kappa shape index (κ2) is 8.61. The normalized spacial score (nSPS) is 11.3. The third kappa shape index (κ3) is 4.60. The van der Waals surface area contributed by atoms with Gasteiger partial charge >= 0.3 is 0 Å². The van der Waals surface area contributed by atoms with E-state index in [4.69, 9.17) is 4.98 Å². The van der Waals surface area contributed by atoms with Crippen LogP contribution in [0.3, 0.4) is 0 Å². The first-order valence-corrected chi connectivity index (χ1v) is 12.2. The van der Waals surface area contributed by atoms with Crippen molar-refractivity contribution in [1.82, 2.24) is 14.8 Å². The maximum Gasteiger partial charge on any atom is 0.256 e. The number of nitriles is 1. The number of carbonyl (C=O) groups is 1. The smallest absolute Gasteiger partial charge is 0.256 e. The van der Waals surface area contributed by atoms with E-state index in [1.165, 1.54) is 35.1 Å². The van der Waals surface area contributed by atoms with Crippen molar-refractivity contribution in [2.45, 2.75) is 20.8 Å². The van der Waals surface area contributed by atoms with Crippen LogP contribution in [0.1, 0.15) is 32.6 Å². The first-order valence-electron chi connectivity index (χ1n) is 10.3. The average Bonchev–Trinajstić information content (AvgIpc) is 3.16. The molecule has 0 fully saturated rings. The van der Waals surface area contributed by atoms with Crippen LogP contribution in [0.2, 0.25) is 0 Å². The molecular formula is C24H22N6O3S. The number of sulfonamides is 1. The molecule has 0 spiro atoms. The zero-order chi connectivity index (χ0) is 24.6. The summed E-state index contributed by atoms with van der Waals surface area (Å²) in [7, 11) is -3.43. The molecule has 2 heterocycles. The third-order valence-corrected chi connectivity index (χ3v) is 5.84. The lowest BCUT2D eigenvalue weighted by Gasteiger charge is -2.13. The standard InChI is InChI=1S/C24H22N6O3S/c1-14-9-16(3)22-20(10-14)15(2)11-21(27-22)30-23(18(12-25)13-26-30)28-24(31)17-5-7-19(8-6-17)29-34(4,32)33/h5-11,13,29H,1-4H3,(H,28,31). The zero-order valence-electron chi connectivity index (χ0n) is 19.0. The number of fused-ring (bicyclic) bond motifs is 1. The van der Waals surface area contributed by atoms with Crippen LogP contribution in [0, 0.1) is 32.1 Å². The van der Waals surface area contributed by atoms with Crippen LogP contribution < -0.4 is 10.0 Å². The highest BCUT2D eigenvalue weighted by atomic mass is 32.2. The summed E-state index contributed by atoms with van der Waals surface area (Å²) in [6.07, 6.45) is 2.42. The van der Waals surface area contributed by atoms with Crippen LogP contribution >= 0.6 is 0 Å². The van der Waals surface area contributed by atoms with Crippen LogP contribution in [0.5, 0.6) is 0 Å². The Morgan fingerprint density at radius 3 is 2.41 bits per heavy atom. The van der Waals surface area contributed by atoms with Gasteiger partial charge in [-0.25, -0.2) is 13.4 Å². The van der Waals surface area contributed by atoms with Gasteiger partial charge in [0.25, 0.3) is 5.91 Å². The molecule has 9 nitrogen and oxygen atoms in total. The third-order valence-electron chi connectivity index (χ3n) is 5.23. The number of carbonyl (C=O) groups excluding carboxylic acids is 1. The SMILES string of the molecule is Cc1cc(C)c2nc(-n3ncc(C#N)c3NC(=O)c3ccc(NS(C)(=O)=O)cc3)cc(C)c2c1. The lowest BCUT2D eigenvalue weighted by Crippen LogP contribution is -2.17. The van der Waals surface area contributed by atoms with Gasteiger partial charge in [-0.05, 0) is 68.3 Å². The molecule has 0 saturated carbocycles. The number of rotatable bonds is 5. The molecule has 172 valence electrons. The molecule has 0 atom stereocenters. The highest BCUT2D eigenvalue weighted by Crippen LogP contribution is 2.27. The Morgan fingerprint density at radius 2 is 1.76 bits per heavy atom. The molecule has 0 unspecified atom stereocenters.